The van der Waals surface area contributed by atoms with E-state index in [4.69, 9.17) is 27.9 Å². The van der Waals surface area contributed by atoms with Crippen LogP contribution in [0, 0.1) is 29.1 Å². The van der Waals surface area contributed by atoms with E-state index >= 15 is 0 Å². The highest BCUT2D eigenvalue weighted by Gasteiger charge is 2.48. The van der Waals surface area contributed by atoms with E-state index in [1.165, 1.54) is 18.2 Å². The zero-order valence-corrected chi connectivity index (χ0v) is 19.8. The van der Waals surface area contributed by atoms with E-state index in [1.54, 1.807) is 0 Å². The van der Waals surface area contributed by atoms with Gasteiger partial charge >= 0.3 is 0 Å². The molecule has 194 valence electrons. The fraction of sp³-hybridized carbons (Fsp3) is 0.300. The summed E-state index contributed by atoms with van der Waals surface area (Å²) in [6.45, 7) is -0.807. The summed E-state index contributed by atoms with van der Waals surface area (Å²) in [5, 5.41) is 38.3. The minimum atomic E-state index is -2.37. The quantitative estimate of drug-likeness (QED) is 0.244. The van der Waals surface area contributed by atoms with Crippen molar-refractivity contribution < 1.29 is 46.2 Å². The Hall–Kier alpha value is -2.20. The average Bonchev–Trinajstić information content (AvgIpc) is 3.32. The molecule has 0 amide bonds. The molecule has 0 radical (unpaired) electrons. The van der Waals surface area contributed by atoms with Crippen LogP contribution in [0.15, 0.2) is 29.3 Å². The number of aliphatic hydroxyl groups is 3. The SMILES string of the molecule is O=S(c1ccc(Cl)c(Cl)c1)[C@H]1OC(CO)[C@H](O)C(n2cc(-c3c(F)c(F)c(F)c(F)c3F)nn2)C1O. The molecule has 1 aliphatic heterocycles. The Labute approximate surface area is 211 Å². The van der Waals surface area contributed by atoms with Crippen LogP contribution in [-0.2, 0) is 15.5 Å². The Morgan fingerprint density at radius 3 is 2.17 bits per heavy atom. The largest absolute Gasteiger partial charge is 0.394 e. The Balaban J connectivity index is 1.73. The molecule has 4 unspecified atom stereocenters. The van der Waals surface area contributed by atoms with Crippen molar-refractivity contribution in [3.05, 3.63) is 63.5 Å². The second-order valence-electron chi connectivity index (χ2n) is 7.60. The Kier molecular flexibility index (Phi) is 7.67. The molecule has 3 aromatic rings. The van der Waals surface area contributed by atoms with E-state index < -0.39 is 87.5 Å². The van der Waals surface area contributed by atoms with Gasteiger partial charge in [0.15, 0.2) is 28.7 Å². The highest BCUT2D eigenvalue weighted by Crippen LogP contribution is 2.36. The van der Waals surface area contributed by atoms with Crippen LogP contribution in [0.1, 0.15) is 6.04 Å². The molecular formula is C20H14Cl2F5N3O5S. The number of hydrogen-bond acceptors (Lipinski definition) is 7. The van der Waals surface area contributed by atoms with Gasteiger partial charge in [0.05, 0.1) is 39.2 Å². The summed E-state index contributed by atoms with van der Waals surface area (Å²) < 4.78 is 88.3. The number of benzene rings is 2. The van der Waals surface area contributed by atoms with Crippen LogP contribution in [-0.4, -0.2) is 64.9 Å². The molecule has 1 saturated heterocycles. The first-order valence-corrected chi connectivity index (χ1v) is 11.9. The van der Waals surface area contributed by atoms with Crippen molar-refractivity contribution >= 4 is 34.0 Å². The molecule has 1 fully saturated rings. The van der Waals surface area contributed by atoms with E-state index in [9.17, 15) is 41.5 Å². The van der Waals surface area contributed by atoms with E-state index in [1.807, 2.05) is 0 Å². The Bertz CT molecular complexity index is 1320. The zero-order valence-electron chi connectivity index (χ0n) is 17.5. The van der Waals surface area contributed by atoms with E-state index in [0.29, 0.717) is 10.9 Å². The summed E-state index contributed by atoms with van der Waals surface area (Å²) in [5.74, 6) is -11.1. The van der Waals surface area contributed by atoms with Crippen molar-refractivity contribution in [2.24, 2.45) is 0 Å². The molecule has 2 aromatic carbocycles. The molecule has 0 spiro atoms. The molecule has 0 bridgehead atoms. The third-order valence-electron chi connectivity index (χ3n) is 5.46. The molecule has 1 aromatic heterocycles. The smallest absolute Gasteiger partial charge is 0.200 e. The second kappa shape index (κ2) is 10.3. The lowest BCUT2D eigenvalue weighted by Crippen LogP contribution is -2.57. The normalized spacial score (nSPS) is 25.2. The van der Waals surface area contributed by atoms with Crippen molar-refractivity contribution in [3.8, 4) is 11.3 Å². The van der Waals surface area contributed by atoms with Crippen LogP contribution in [0.5, 0.6) is 0 Å². The number of aromatic nitrogens is 3. The number of nitrogens with zero attached hydrogens (tertiary/aromatic N) is 3. The van der Waals surface area contributed by atoms with Crippen molar-refractivity contribution in [2.45, 2.75) is 34.7 Å². The molecule has 1 aliphatic rings. The van der Waals surface area contributed by atoms with Crippen LogP contribution >= 0.6 is 23.2 Å². The van der Waals surface area contributed by atoms with Gasteiger partial charge in [0, 0.05) is 4.90 Å². The molecule has 3 N–H and O–H groups in total. The minimum Gasteiger partial charge on any atom is -0.394 e. The summed E-state index contributed by atoms with van der Waals surface area (Å²) in [7, 11) is -2.16. The van der Waals surface area contributed by atoms with Crippen molar-refractivity contribution in [1.29, 1.82) is 0 Å². The first kappa shape index (κ1) is 26.9. The second-order valence-corrected chi connectivity index (χ2v) is 9.94. The molecule has 2 heterocycles. The average molecular weight is 574 g/mol. The summed E-state index contributed by atoms with van der Waals surface area (Å²) in [5.41, 5.74) is -3.78. The lowest BCUT2D eigenvalue weighted by Gasteiger charge is -2.41. The van der Waals surface area contributed by atoms with Gasteiger partial charge in [-0.05, 0) is 18.2 Å². The van der Waals surface area contributed by atoms with Gasteiger partial charge in [0.2, 0.25) is 5.82 Å². The van der Waals surface area contributed by atoms with Crippen molar-refractivity contribution in [3.63, 3.8) is 0 Å². The van der Waals surface area contributed by atoms with Crippen LogP contribution in [0.2, 0.25) is 10.0 Å². The number of ether oxygens (including phenoxy) is 1. The number of halogens is 7. The van der Waals surface area contributed by atoms with E-state index in [-0.39, 0.29) is 14.9 Å². The fourth-order valence-electron chi connectivity index (χ4n) is 3.66. The van der Waals surface area contributed by atoms with Gasteiger partial charge in [-0.25, -0.2) is 26.6 Å². The standard InChI is InChI=1S/C20H14Cl2F5N3O5S/c21-7-2-1-6(3-8(7)22)36(34)20-19(33)17(18(32)10(5-31)35-20)30-4-9(28-29-30)11-12(23)14(25)16(27)15(26)13(11)24/h1-4,10,17-20,31-33H,5H2/t10?,17?,18-,19?,20+,36?/m0/s1. The molecule has 0 aliphatic carbocycles. The molecule has 0 saturated carbocycles. The van der Waals surface area contributed by atoms with Crippen LogP contribution in [0.3, 0.4) is 0 Å². The number of hydrogen-bond donors (Lipinski definition) is 3. The third-order valence-corrected chi connectivity index (χ3v) is 7.73. The lowest BCUT2D eigenvalue weighted by atomic mass is 9.97. The Morgan fingerprint density at radius 2 is 1.58 bits per heavy atom. The topological polar surface area (TPSA) is 118 Å². The molecule has 6 atom stereocenters. The lowest BCUT2D eigenvalue weighted by molar-refractivity contribution is -0.179. The number of rotatable bonds is 5. The van der Waals surface area contributed by atoms with Gasteiger partial charge in [0.1, 0.15) is 30.0 Å². The maximum Gasteiger partial charge on any atom is 0.200 e. The molecule has 16 heteroatoms. The summed E-state index contributed by atoms with van der Waals surface area (Å²) in [4.78, 5) is 0.0703. The van der Waals surface area contributed by atoms with E-state index in [2.05, 4.69) is 10.3 Å². The highest BCUT2D eigenvalue weighted by atomic mass is 35.5. The van der Waals surface area contributed by atoms with Gasteiger partial charge in [0.25, 0.3) is 0 Å². The fourth-order valence-corrected chi connectivity index (χ4v) is 5.39. The Morgan fingerprint density at radius 1 is 0.972 bits per heavy atom. The summed E-state index contributed by atoms with van der Waals surface area (Å²) in [6.07, 6.45) is -4.26. The van der Waals surface area contributed by atoms with Gasteiger partial charge in [-0.2, -0.15) is 0 Å². The maximum atomic E-state index is 14.2. The predicted molar refractivity (Wildman–Crippen MR) is 115 cm³/mol. The van der Waals surface area contributed by atoms with E-state index in [0.717, 1.165) is 0 Å². The number of aliphatic hydroxyl groups excluding tert-OH is 3. The van der Waals surface area contributed by atoms with Crippen LogP contribution in [0.25, 0.3) is 11.3 Å². The van der Waals surface area contributed by atoms with Crippen LogP contribution in [0.4, 0.5) is 22.0 Å². The molecular weight excluding hydrogens is 560 g/mol. The molecule has 4 rings (SSSR count). The van der Waals surface area contributed by atoms with Gasteiger partial charge in [-0.3, -0.25) is 4.21 Å². The summed E-state index contributed by atoms with van der Waals surface area (Å²) in [6, 6.07) is 2.36. The first-order valence-electron chi connectivity index (χ1n) is 9.89. The highest BCUT2D eigenvalue weighted by molar-refractivity contribution is 7.85. The third kappa shape index (κ3) is 4.51. The summed E-state index contributed by atoms with van der Waals surface area (Å²) >= 11 is 11.8. The predicted octanol–water partition coefficient (Wildman–Crippen LogP) is 2.74. The van der Waals surface area contributed by atoms with Gasteiger partial charge in [-0.1, -0.05) is 28.4 Å². The monoisotopic (exact) mass is 573 g/mol. The maximum absolute atomic E-state index is 14.2. The van der Waals surface area contributed by atoms with Crippen molar-refractivity contribution in [2.75, 3.05) is 6.61 Å². The molecule has 36 heavy (non-hydrogen) atoms. The zero-order chi connectivity index (χ0) is 26.5. The molecule has 8 nitrogen and oxygen atoms in total. The van der Waals surface area contributed by atoms with Gasteiger partial charge < -0.3 is 20.1 Å². The minimum absolute atomic E-state index is 0.0480. The first-order chi connectivity index (χ1) is 17.0. The van der Waals surface area contributed by atoms with Crippen molar-refractivity contribution in [1.82, 2.24) is 15.0 Å². The van der Waals surface area contributed by atoms with Crippen LogP contribution < -0.4 is 0 Å². The van der Waals surface area contributed by atoms with Gasteiger partial charge in [-0.15, -0.1) is 5.10 Å².